The van der Waals surface area contributed by atoms with E-state index in [-0.39, 0.29) is 16.8 Å². The van der Waals surface area contributed by atoms with Crippen LogP contribution < -0.4 is 9.62 Å². The molecule has 0 aromatic heterocycles. The number of amides is 1. The minimum atomic E-state index is -3.62. The van der Waals surface area contributed by atoms with Crippen molar-refractivity contribution in [3.05, 3.63) is 60.2 Å². The normalized spacial score (nSPS) is 15.7. The number of carbonyl (C=O) groups excluding carboxylic acids is 1. The summed E-state index contributed by atoms with van der Waals surface area (Å²) >= 11 is 0. The molecule has 2 aromatic rings. The summed E-state index contributed by atoms with van der Waals surface area (Å²) in [5.74, 6) is -0.0954. The number of hydrogen-bond acceptors (Lipinski definition) is 3. The summed E-state index contributed by atoms with van der Waals surface area (Å²) in [4.78, 5) is 12.7. The molecule has 1 saturated carbocycles. The van der Waals surface area contributed by atoms with Crippen molar-refractivity contribution in [1.82, 2.24) is 5.32 Å². The smallest absolute Gasteiger partial charge is 0.264 e. The molecule has 0 spiro atoms. The van der Waals surface area contributed by atoms with Gasteiger partial charge in [0.05, 0.1) is 10.6 Å². The Morgan fingerprint density at radius 3 is 2.11 bits per heavy atom. The third-order valence-electron chi connectivity index (χ3n) is 5.09. The standard InChI is InChI=1S/C21H26N2O3S/c1-23(27(25,26)20-11-7-4-8-12-20)19-15-13-17(14-16-19)21(24)22-18-9-5-2-3-6-10-18/h4,7-8,11-16,18H,2-3,5-6,9-10H2,1H3,(H,22,24). The van der Waals surface area contributed by atoms with Crippen molar-refractivity contribution in [2.45, 2.75) is 49.5 Å². The van der Waals surface area contributed by atoms with Crippen molar-refractivity contribution < 1.29 is 13.2 Å². The molecule has 1 N–H and O–H groups in total. The maximum absolute atomic E-state index is 12.7. The largest absolute Gasteiger partial charge is 0.349 e. The Morgan fingerprint density at radius 2 is 1.52 bits per heavy atom. The first-order valence-corrected chi connectivity index (χ1v) is 10.9. The van der Waals surface area contributed by atoms with Gasteiger partial charge in [0.2, 0.25) is 0 Å². The van der Waals surface area contributed by atoms with Gasteiger partial charge in [-0.1, -0.05) is 43.9 Å². The highest BCUT2D eigenvalue weighted by molar-refractivity contribution is 7.92. The fraction of sp³-hybridized carbons (Fsp3) is 0.381. The van der Waals surface area contributed by atoms with Gasteiger partial charge in [0, 0.05) is 18.7 Å². The minimum Gasteiger partial charge on any atom is -0.349 e. The van der Waals surface area contributed by atoms with Gasteiger partial charge < -0.3 is 5.32 Å². The van der Waals surface area contributed by atoms with Crippen LogP contribution in [0.1, 0.15) is 48.9 Å². The first-order valence-electron chi connectivity index (χ1n) is 9.43. The molecule has 0 atom stereocenters. The second-order valence-electron chi connectivity index (χ2n) is 6.99. The van der Waals surface area contributed by atoms with E-state index in [1.165, 1.54) is 24.2 Å². The summed E-state index contributed by atoms with van der Waals surface area (Å²) in [6.45, 7) is 0. The van der Waals surface area contributed by atoms with Crippen LogP contribution in [0.4, 0.5) is 5.69 Å². The molecular weight excluding hydrogens is 360 g/mol. The van der Waals surface area contributed by atoms with E-state index in [0.717, 1.165) is 25.7 Å². The topological polar surface area (TPSA) is 66.5 Å². The lowest BCUT2D eigenvalue weighted by Crippen LogP contribution is -2.34. The average molecular weight is 387 g/mol. The molecule has 1 aliphatic carbocycles. The van der Waals surface area contributed by atoms with Crippen LogP contribution in [0.5, 0.6) is 0 Å². The summed E-state index contributed by atoms with van der Waals surface area (Å²) in [7, 11) is -2.10. The Balaban J connectivity index is 1.70. The molecule has 1 fully saturated rings. The van der Waals surface area contributed by atoms with Gasteiger partial charge in [0.15, 0.2) is 0 Å². The molecule has 27 heavy (non-hydrogen) atoms. The van der Waals surface area contributed by atoms with Gasteiger partial charge >= 0.3 is 0 Å². The zero-order valence-electron chi connectivity index (χ0n) is 15.6. The summed E-state index contributed by atoms with van der Waals surface area (Å²) in [5.41, 5.74) is 1.07. The van der Waals surface area contributed by atoms with E-state index in [1.54, 1.807) is 54.6 Å². The second kappa shape index (κ2) is 8.57. The summed E-state index contributed by atoms with van der Waals surface area (Å²) in [6.07, 6.45) is 6.86. The zero-order valence-corrected chi connectivity index (χ0v) is 16.4. The summed E-state index contributed by atoms with van der Waals surface area (Å²) < 4.78 is 26.6. The highest BCUT2D eigenvalue weighted by Gasteiger charge is 2.21. The van der Waals surface area contributed by atoms with Crippen molar-refractivity contribution in [3.63, 3.8) is 0 Å². The van der Waals surface area contributed by atoms with Crippen LogP contribution in [0.15, 0.2) is 59.5 Å². The maximum atomic E-state index is 12.7. The van der Waals surface area contributed by atoms with Crippen LogP contribution in [0.25, 0.3) is 0 Å². The minimum absolute atomic E-state index is 0.0954. The van der Waals surface area contributed by atoms with Gasteiger partial charge in [-0.2, -0.15) is 0 Å². The SMILES string of the molecule is CN(c1ccc(C(=O)NC2CCCCCC2)cc1)S(=O)(=O)c1ccccc1. The van der Waals surface area contributed by atoms with Crippen LogP contribution in [0.3, 0.4) is 0 Å². The van der Waals surface area contributed by atoms with Gasteiger partial charge in [-0.05, 0) is 49.2 Å². The third-order valence-corrected chi connectivity index (χ3v) is 6.88. The van der Waals surface area contributed by atoms with E-state index < -0.39 is 10.0 Å². The molecule has 0 heterocycles. The van der Waals surface area contributed by atoms with Crippen LogP contribution in [0, 0.1) is 0 Å². The molecule has 2 aromatic carbocycles. The highest BCUT2D eigenvalue weighted by atomic mass is 32.2. The summed E-state index contributed by atoms with van der Waals surface area (Å²) in [5, 5.41) is 3.11. The van der Waals surface area contributed by atoms with Crippen molar-refractivity contribution >= 4 is 21.6 Å². The molecule has 1 amide bonds. The molecule has 6 heteroatoms. The molecule has 0 aliphatic heterocycles. The van der Waals surface area contributed by atoms with E-state index >= 15 is 0 Å². The molecule has 144 valence electrons. The number of rotatable bonds is 5. The highest BCUT2D eigenvalue weighted by Crippen LogP contribution is 2.23. The van der Waals surface area contributed by atoms with E-state index in [9.17, 15) is 13.2 Å². The van der Waals surface area contributed by atoms with Gasteiger partial charge in [-0.25, -0.2) is 8.42 Å². The van der Waals surface area contributed by atoms with Crippen LogP contribution in [0.2, 0.25) is 0 Å². The molecule has 0 radical (unpaired) electrons. The molecule has 0 unspecified atom stereocenters. The first-order chi connectivity index (χ1) is 13.0. The fourth-order valence-corrected chi connectivity index (χ4v) is 4.62. The maximum Gasteiger partial charge on any atom is 0.264 e. The molecule has 5 nitrogen and oxygen atoms in total. The van der Waals surface area contributed by atoms with Gasteiger partial charge in [-0.15, -0.1) is 0 Å². The molecule has 0 saturated heterocycles. The fourth-order valence-electron chi connectivity index (χ4n) is 3.40. The lowest BCUT2D eigenvalue weighted by atomic mass is 10.1. The second-order valence-corrected chi connectivity index (χ2v) is 8.96. The summed E-state index contributed by atoms with van der Waals surface area (Å²) in [6, 6.07) is 15.2. The number of hydrogen-bond donors (Lipinski definition) is 1. The number of anilines is 1. The molecule has 0 bridgehead atoms. The Morgan fingerprint density at radius 1 is 0.926 bits per heavy atom. The third kappa shape index (κ3) is 4.69. The zero-order chi connectivity index (χ0) is 19.3. The first kappa shape index (κ1) is 19.4. The quantitative estimate of drug-likeness (QED) is 0.791. The van der Waals surface area contributed by atoms with E-state index in [0.29, 0.717) is 11.3 Å². The van der Waals surface area contributed by atoms with Crippen molar-refractivity contribution in [1.29, 1.82) is 0 Å². The molecular formula is C21H26N2O3S. The average Bonchev–Trinajstić information content (AvgIpc) is 2.97. The lowest BCUT2D eigenvalue weighted by molar-refractivity contribution is 0.0933. The van der Waals surface area contributed by atoms with Crippen molar-refractivity contribution in [3.8, 4) is 0 Å². The van der Waals surface area contributed by atoms with Crippen molar-refractivity contribution in [2.24, 2.45) is 0 Å². The van der Waals surface area contributed by atoms with Crippen molar-refractivity contribution in [2.75, 3.05) is 11.4 Å². The van der Waals surface area contributed by atoms with E-state index in [1.807, 2.05) is 0 Å². The Kier molecular flexibility index (Phi) is 6.16. The number of benzene rings is 2. The van der Waals surface area contributed by atoms with Gasteiger partial charge in [0.1, 0.15) is 0 Å². The Labute approximate surface area is 161 Å². The predicted octanol–water partition coefficient (Wildman–Crippen LogP) is 3.96. The van der Waals surface area contributed by atoms with Crippen LogP contribution in [-0.4, -0.2) is 27.4 Å². The Hall–Kier alpha value is -2.34. The number of carbonyl (C=O) groups is 1. The number of nitrogens with zero attached hydrogens (tertiary/aromatic N) is 1. The number of nitrogens with one attached hydrogen (secondary N) is 1. The van der Waals surface area contributed by atoms with E-state index in [4.69, 9.17) is 0 Å². The van der Waals surface area contributed by atoms with Gasteiger partial charge in [0.25, 0.3) is 15.9 Å². The molecule has 1 aliphatic rings. The lowest BCUT2D eigenvalue weighted by Gasteiger charge is -2.20. The number of sulfonamides is 1. The van der Waals surface area contributed by atoms with Gasteiger partial charge in [-0.3, -0.25) is 9.10 Å². The Bertz CT molecular complexity index is 856. The van der Waals surface area contributed by atoms with Crippen LogP contribution in [-0.2, 0) is 10.0 Å². The predicted molar refractivity (Wildman–Crippen MR) is 107 cm³/mol. The van der Waals surface area contributed by atoms with E-state index in [2.05, 4.69) is 5.32 Å². The van der Waals surface area contributed by atoms with Crippen LogP contribution >= 0.6 is 0 Å². The molecule has 3 rings (SSSR count). The monoisotopic (exact) mass is 386 g/mol.